The van der Waals surface area contributed by atoms with E-state index in [1.165, 1.54) is 29.3 Å². The lowest BCUT2D eigenvalue weighted by Crippen LogP contribution is -2.30. The number of nitrogens with zero attached hydrogens (tertiary/aromatic N) is 4. The highest BCUT2D eigenvalue weighted by Gasteiger charge is 2.23. The average molecular weight is 594 g/mol. The number of nitro groups is 1. The summed E-state index contributed by atoms with van der Waals surface area (Å²) in [6.45, 7) is 2.09. The van der Waals surface area contributed by atoms with Crippen molar-refractivity contribution in [1.29, 1.82) is 0 Å². The van der Waals surface area contributed by atoms with E-state index in [4.69, 9.17) is 19.2 Å². The van der Waals surface area contributed by atoms with Crippen LogP contribution in [0.15, 0.2) is 85.1 Å². The summed E-state index contributed by atoms with van der Waals surface area (Å²) in [5, 5.41) is 13.8. The van der Waals surface area contributed by atoms with Crippen LogP contribution in [0.3, 0.4) is 0 Å². The van der Waals surface area contributed by atoms with Gasteiger partial charge in [-0.15, -0.1) is 0 Å². The lowest BCUT2D eigenvalue weighted by molar-refractivity contribution is -0.384. The van der Waals surface area contributed by atoms with E-state index in [0.29, 0.717) is 12.2 Å². The van der Waals surface area contributed by atoms with Crippen molar-refractivity contribution >= 4 is 22.9 Å². The Bertz CT molecular complexity index is 1840. The molecule has 1 aliphatic heterocycles. The molecule has 1 N–H and O–H groups in total. The molecule has 44 heavy (non-hydrogen) atoms. The number of carbonyl (C=O) groups excluding carboxylic acids is 1. The Balaban J connectivity index is 1.17. The molecular formula is C33H31N5O6. The lowest BCUT2D eigenvalue weighted by atomic mass is 9.98. The van der Waals surface area contributed by atoms with E-state index >= 15 is 0 Å². The zero-order valence-corrected chi connectivity index (χ0v) is 24.4. The third-order valence-electron chi connectivity index (χ3n) is 7.64. The summed E-state index contributed by atoms with van der Waals surface area (Å²) in [5.41, 5.74) is 6.73. The minimum atomic E-state index is -0.510. The number of carbonyl (C=O) groups is 1. The van der Waals surface area contributed by atoms with Gasteiger partial charge in [-0.05, 0) is 60.0 Å². The quantitative estimate of drug-likeness (QED) is 0.166. The van der Waals surface area contributed by atoms with Gasteiger partial charge >= 0.3 is 0 Å². The van der Waals surface area contributed by atoms with Crippen molar-refractivity contribution in [3.05, 3.63) is 112 Å². The second-order valence-electron chi connectivity index (χ2n) is 10.4. The maximum absolute atomic E-state index is 12.5. The zero-order valence-electron chi connectivity index (χ0n) is 24.4. The van der Waals surface area contributed by atoms with Gasteiger partial charge in [0.25, 0.3) is 11.6 Å². The molecule has 0 aliphatic carbocycles. The zero-order chi connectivity index (χ0) is 30.6. The first kappa shape index (κ1) is 28.7. The third-order valence-corrected chi connectivity index (χ3v) is 7.64. The first-order chi connectivity index (χ1) is 21.4. The number of hydrogen-bond acceptors (Lipinski definition) is 8. The number of non-ortho nitro benzene ring substituents is 1. The molecule has 0 radical (unpaired) electrons. The van der Waals surface area contributed by atoms with E-state index in [9.17, 15) is 14.9 Å². The first-order valence-corrected chi connectivity index (χ1v) is 14.1. The highest BCUT2D eigenvalue weighted by molar-refractivity contribution is 5.92. The minimum absolute atomic E-state index is 0.101. The number of benzene rings is 3. The summed E-state index contributed by atoms with van der Waals surface area (Å²) in [6.07, 6.45) is 2.93. The molecule has 0 atom stereocenters. The van der Waals surface area contributed by atoms with Crippen molar-refractivity contribution in [3.8, 4) is 28.5 Å². The fourth-order valence-corrected chi connectivity index (χ4v) is 5.46. The molecule has 3 aromatic carbocycles. The standard InChI is InChI=1S/C33H31N5O6/c1-42-29-16-23-13-15-36(19-24(23)17-30(29)43-2)20-28-33(35-31-8-3-4-14-37(28)31)22-9-11-25(12-10-22)34-32(39)21-44-27-7-5-6-26(18-27)38(40)41/h3-12,14,16-18H,13,15,19-21H2,1-2H3,(H,34,39). The number of aromatic nitrogens is 2. The van der Waals surface area contributed by atoms with E-state index in [1.807, 2.05) is 48.7 Å². The molecule has 2 aromatic heterocycles. The van der Waals surface area contributed by atoms with E-state index < -0.39 is 4.92 Å². The largest absolute Gasteiger partial charge is 0.493 e. The van der Waals surface area contributed by atoms with Gasteiger partial charge in [0.1, 0.15) is 11.4 Å². The summed E-state index contributed by atoms with van der Waals surface area (Å²) in [6, 6.07) is 23.4. The third kappa shape index (κ3) is 6.04. The lowest BCUT2D eigenvalue weighted by Gasteiger charge is -2.29. The van der Waals surface area contributed by atoms with E-state index in [2.05, 4.69) is 26.8 Å². The van der Waals surface area contributed by atoms with Gasteiger partial charge in [-0.1, -0.05) is 24.3 Å². The number of hydrogen-bond donors (Lipinski definition) is 1. The molecule has 11 heteroatoms. The van der Waals surface area contributed by atoms with Crippen molar-refractivity contribution in [2.24, 2.45) is 0 Å². The molecule has 0 spiro atoms. The molecule has 6 rings (SSSR count). The molecule has 3 heterocycles. The van der Waals surface area contributed by atoms with Crippen molar-refractivity contribution in [1.82, 2.24) is 14.3 Å². The number of ether oxygens (including phenoxy) is 3. The summed E-state index contributed by atoms with van der Waals surface area (Å²) in [5.74, 6) is 1.35. The molecule has 0 unspecified atom stereocenters. The SMILES string of the molecule is COc1cc2c(cc1OC)CN(Cc1c(-c3ccc(NC(=O)COc4cccc([N+](=O)[O-])c4)cc3)nc3ccccn13)CC2. The van der Waals surface area contributed by atoms with Gasteiger partial charge in [-0.25, -0.2) is 4.98 Å². The Morgan fingerprint density at radius 3 is 2.50 bits per heavy atom. The van der Waals surface area contributed by atoms with E-state index in [-0.39, 0.29) is 24.0 Å². The van der Waals surface area contributed by atoms with Crippen LogP contribution >= 0.6 is 0 Å². The smallest absolute Gasteiger partial charge is 0.273 e. The van der Waals surface area contributed by atoms with Gasteiger partial charge in [-0.3, -0.25) is 19.8 Å². The highest BCUT2D eigenvalue weighted by atomic mass is 16.6. The van der Waals surface area contributed by atoms with E-state index in [0.717, 1.165) is 53.6 Å². The number of fused-ring (bicyclic) bond motifs is 2. The van der Waals surface area contributed by atoms with Crippen LogP contribution < -0.4 is 19.5 Å². The van der Waals surface area contributed by atoms with Gasteiger partial charge in [0.05, 0.1) is 36.6 Å². The predicted molar refractivity (Wildman–Crippen MR) is 165 cm³/mol. The molecule has 0 saturated carbocycles. The molecule has 0 bridgehead atoms. The van der Waals surface area contributed by atoms with E-state index in [1.54, 1.807) is 20.3 Å². The van der Waals surface area contributed by atoms with Crippen LogP contribution in [0.4, 0.5) is 11.4 Å². The van der Waals surface area contributed by atoms with Gasteiger partial charge in [-0.2, -0.15) is 0 Å². The molecule has 1 aliphatic rings. The van der Waals surface area contributed by atoms with Gasteiger partial charge < -0.3 is 23.9 Å². The molecule has 0 fully saturated rings. The maximum atomic E-state index is 12.5. The summed E-state index contributed by atoms with van der Waals surface area (Å²) < 4.78 is 18.6. The second kappa shape index (κ2) is 12.4. The predicted octanol–water partition coefficient (Wildman–Crippen LogP) is 5.50. The average Bonchev–Trinajstić information content (AvgIpc) is 3.41. The first-order valence-electron chi connectivity index (χ1n) is 14.1. The van der Waals surface area contributed by atoms with Crippen LogP contribution in [-0.2, 0) is 24.3 Å². The number of nitro benzene ring substituents is 1. The number of amides is 1. The minimum Gasteiger partial charge on any atom is -0.493 e. The van der Waals surface area contributed by atoms with Crippen molar-refractivity contribution in [2.75, 3.05) is 32.7 Å². The number of rotatable bonds is 10. The Kier molecular flexibility index (Phi) is 8.11. The fraction of sp³-hybridized carbons (Fsp3) is 0.212. The van der Waals surface area contributed by atoms with Crippen molar-refractivity contribution < 1.29 is 23.9 Å². The Morgan fingerprint density at radius 1 is 0.977 bits per heavy atom. The Morgan fingerprint density at radius 2 is 1.75 bits per heavy atom. The molecular weight excluding hydrogens is 562 g/mol. The molecule has 0 saturated heterocycles. The van der Waals surface area contributed by atoms with Crippen molar-refractivity contribution in [3.63, 3.8) is 0 Å². The Labute approximate surface area is 253 Å². The number of imidazole rings is 1. The van der Waals surface area contributed by atoms with Crippen LogP contribution in [-0.4, -0.2) is 52.5 Å². The number of anilines is 1. The van der Waals surface area contributed by atoms with Crippen molar-refractivity contribution in [2.45, 2.75) is 19.5 Å². The monoisotopic (exact) mass is 593 g/mol. The van der Waals surface area contributed by atoms with Gasteiger partial charge in [0.15, 0.2) is 18.1 Å². The topological polar surface area (TPSA) is 120 Å². The van der Waals surface area contributed by atoms with Crippen LogP contribution in [0.1, 0.15) is 16.8 Å². The van der Waals surface area contributed by atoms with Crippen LogP contribution in [0.2, 0.25) is 0 Å². The normalized spacial score (nSPS) is 12.9. The Hall–Kier alpha value is -5.42. The van der Waals surface area contributed by atoms with Gasteiger partial charge in [0, 0.05) is 43.1 Å². The molecule has 1 amide bonds. The molecule has 224 valence electrons. The van der Waals surface area contributed by atoms with Crippen LogP contribution in [0.5, 0.6) is 17.2 Å². The summed E-state index contributed by atoms with van der Waals surface area (Å²) >= 11 is 0. The number of nitrogens with one attached hydrogen (secondary N) is 1. The maximum Gasteiger partial charge on any atom is 0.273 e. The molecule has 11 nitrogen and oxygen atoms in total. The second-order valence-corrected chi connectivity index (χ2v) is 10.4. The summed E-state index contributed by atoms with van der Waals surface area (Å²) in [7, 11) is 3.31. The fourth-order valence-electron chi connectivity index (χ4n) is 5.46. The van der Waals surface area contributed by atoms with Crippen LogP contribution in [0, 0.1) is 10.1 Å². The highest BCUT2D eigenvalue weighted by Crippen LogP contribution is 2.34. The molecule has 5 aromatic rings. The van der Waals surface area contributed by atoms with Crippen LogP contribution in [0.25, 0.3) is 16.9 Å². The number of pyridine rings is 1. The number of methoxy groups -OCH3 is 2. The summed E-state index contributed by atoms with van der Waals surface area (Å²) in [4.78, 5) is 30.3. The van der Waals surface area contributed by atoms with Gasteiger partial charge in [0.2, 0.25) is 0 Å².